The molecule has 0 spiro atoms. The first-order chi connectivity index (χ1) is 13.1. The molecule has 1 saturated carbocycles. The minimum atomic E-state index is -0.565. The van der Waals surface area contributed by atoms with Crippen molar-refractivity contribution in [1.82, 2.24) is 20.2 Å². The van der Waals surface area contributed by atoms with Crippen LogP contribution in [0.1, 0.15) is 34.8 Å². The van der Waals surface area contributed by atoms with Crippen LogP contribution in [-0.2, 0) is 5.41 Å². The van der Waals surface area contributed by atoms with Crippen LogP contribution in [0.2, 0.25) is 0 Å². The van der Waals surface area contributed by atoms with Gasteiger partial charge in [-0.1, -0.05) is 6.42 Å². The highest BCUT2D eigenvalue weighted by Crippen LogP contribution is 2.43. The summed E-state index contributed by atoms with van der Waals surface area (Å²) in [5, 5.41) is 11.8. The Morgan fingerprint density at radius 1 is 1.26 bits per heavy atom. The quantitative estimate of drug-likeness (QED) is 0.677. The zero-order valence-electron chi connectivity index (χ0n) is 14.4. The van der Waals surface area contributed by atoms with Gasteiger partial charge in [0, 0.05) is 24.4 Å². The average molecular weight is 384 g/mol. The predicted octanol–water partition coefficient (Wildman–Crippen LogP) is 2.77. The number of nitrogens with zero attached hydrogens (tertiary/aromatic N) is 4. The van der Waals surface area contributed by atoms with E-state index in [4.69, 9.17) is 5.73 Å². The Hall–Kier alpha value is -2.94. The Kier molecular flexibility index (Phi) is 4.53. The third-order valence-electron chi connectivity index (χ3n) is 4.81. The van der Waals surface area contributed by atoms with Crippen molar-refractivity contribution in [2.24, 2.45) is 5.73 Å². The van der Waals surface area contributed by atoms with Crippen molar-refractivity contribution in [2.45, 2.75) is 24.7 Å². The number of aromatic nitrogens is 4. The molecule has 1 aliphatic rings. The van der Waals surface area contributed by atoms with E-state index in [1.165, 1.54) is 17.4 Å². The first kappa shape index (κ1) is 17.5. The summed E-state index contributed by atoms with van der Waals surface area (Å²) in [4.78, 5) is 20.1. The van der Waals surface area contributed by atoms with Crippen molar-refractivity contribution in [3.8, 4) is 10.6 Å². The van der Waals surface area contributed by atoms with Crippen molar-refractivity contribution >= 4 is 23.1 Å². The van der Waals surface area contributed by atoms with Crippen LogP contribution in [0, 0.1) is 5.82 Å². The number of pyridine rings is 1. The first-order valence-electron chi connectivity index (χ1n) is 8.52. The molecule has 0 aliphatic heterocycles. The fraction of sp³-hybridized carbons (Fsp3) is 0.278. The van der Waals surface area contributed by atoms with Gasteiger partial charge in [-0.3, -0.25) is 9.78 Å². The van der Waals surface area contributed by atoms with Crippen LogP contribution in [-0.4, -0.2) is 32.6 Å². The molecule has 7 nitrogen and oxygen atoms in total. The zero-order chi connectivity index (χ0) is 18.9. The molecule has 3 heterocycles. The summed E-state index contributed by atoms with van der Waals surface area (Å²) >= 11 is 1.17. The van der Waals surface area contributed by atoms with Crippen LogP contribution in [0.4, 0.5) is 10.2 Å². The molecule has 3 aromatic rings. The Bertz CT molecular complexity index is 970. The molecular formula is C18H17FN6OS. The Labute approximate surface area is 158 Å². The SMILES string of the molecule is NC(=O)c1ncc(-c2ccc(NCC3(c4ncccc4F)CCC3)nn2)s1. The van der Waals surface area contributed by atoms with E-state index >= 15 is 0 Å². The van der Waals surface area contributed by atoms with Crippen molar-refractivity contribution in [2.75, 3.05) is 11.9 Å². The highest BCUT2D eigenvalue weighted by molar-refractivity contribution is 7.16. The molecule has 1 amide bonds. The average Bonchev–Trinajstić information content (AvgIpc) is 3.13. The number of nitrogens with one attached hydrogen (secondary N) is 1. The Morgan fingerprint density at radius 3 is 2.70 bits per heavy atom. The zero-order valence-corrected chi connectivity index (χ0v) is 15.2. The van der Waals surface area contributed by atoms with Crippen LogP contribution < -0.4 is 11.1 Å². The minimum absolute atomic E-state index is 0.235. The van der Waals surface area contributed by atoms with Gasteiger partial charge in [0.05, 0.1) is 10.6 Å². The molecule has 0 unspecified atom stereocenters. The van der Waals surface area contributed by atoms with E-state index in [-0.39, 0.29) is 16.2 Å². The third-order valence-corrected chi connectivity index (χ3v) is 5.85. The molecule has 3 aromatic heterocycles. The van der Waals surface area contributed by atoms with E-state index < -0.39 is 5.91 Å². The molecule has 4 rings (SSSR count). The standard InChI is InChI=1S/C18H17FN6OS/c19-11-3-1-8-21-15(11)18(6-2-7-18)10-23-14-5-4-12(24-25-14)13-9-22-17(27-13)16(20)26/h1,3-5,8-9H,2,6-7,10H2,(H2,20,26)(H,23,25). The van der Waals surface area contributed by atoms with Gasteiger partial charge in [0.2, 0.25) is 0 Å². The molecule has 0 bridgehead atoms. The second-order valence-corrected chi connectivity index (χ2v) is 7.55. The fourth-order valence-electron chi connectivity index (χ4n) is 3.20. The fourth-order valence-corrected chi connectivity index (χ4v) is 3.93. The van der Waals surface area contributed by atoms with Crippen LogP contribution in [0.25, 0.3) is 10.6 Å². The Morgan fingerprint density at radius 2 is 2.11 bits per heavy atom. The van der Waals surface area contributed by atoms with Gasteiger partial charge in [0.25, 0.3) is 5.91 Å². The van der Waals surface area contributed by atoms with E-state index in [0.717, 1.165) is 19.3 Å². The summed E-state index contributed by atoms with van der Waals surface area (Å²) in [6.07, 6.45) is 6.00. The number of nitrogens with two attached hydrogens (primary N) is 1. The number of rotatable bonds is 6. The topological polar surface area (TPSA) is 107 Å². The second-order valence-electron chi connectivity index (χ2n) is 6.52. The maximum atomic E-state index is 14.2. The third kappa shape index (κ3) is 3.37. The normalized spacial score (nSPS) is 15.1. The summed E-state index contributed by atoms with van der Waals surface area (Å²) in [6.45, 7) is 0.543. The van der Waals surface area contributed by atoms with Crippen LogP contribution in [0.3, 0.4) is 0 Å². The molecule has 138 valence electrons. The van der Waals surface area contributed by atoms with Crippen LogP contribution in [0.15, 0.2) is 36.7 Å². The van der Waals surface area contributed by atoms with E-state index in [1.54, 1.807) is 30.6 Å². The molecule has 0 saturated heterocycles. The van der Waals surface area contributed by atoms with E-state index in [1.807, 2.05) is 0 Å². The van der Waals surface area contributed by atoms with Crippen LogP contribution >= 0.6 is 11.3 Å². The van der Waals surface area contributed by atoms with Gasteiger partial charge >= 0.3 is 0 Å². The van der Waals surface area contributed by atoms with Gasteiger partial charge in [-0.2, -0.15) is 0 Å². The summed E-state index contributed by atoms with van der Waals surface area (Å²) < 4.78 is 14.2. The lowest BCUT2D eigenvalue weighted by Gasteiger charge is -2.41. The highest BCUT2D eigenvalue weighted by atomic mass is 32.1. The molecule has 0 aromatic carbocycles. The summed E-state index contributed by atoms with van der Waals surface area (Å²) in [5.41, 5.74) is 6.03. The predicted molar refractivity (Wildman–Crippen MR) is 99.9 cm³/mol. The molecule has 1 fully saturated rings. The van der Waals surface area contributed by atoms with Gasteiger partial charge < -0.3 is 11.1 Å². The van der Waals surface area contributed by atoms with Crippen molar-refractivity contribution < 1.29 is 9.18 Å². The maximum absolute atomic E-state index is 14.2. The minimum Gasteiger partial charge on any atom is -0.368 e. The van der Waals surface area contributed by atoms with Gasteiger partial charge in [-0.05, 0) is 37.1 Å². The number of thiazole rings is 1. The number of carbonyl (C=O) groups is 1. The smallest absolute Gasteiger partial charge is 0.277 e. The number of hydrogen-bond acceptors (Lipinski definition) is 7. The number of carbonyl (C=O) groups excluding carboxylic acids is 1. The largest absolute Gasteiger partial charge is 0.368 e. The van der Waals surface area contributed by atoms with Gasteiger partial charge in [-0.25, -0.2) is 9.37 Å². The van der Waals surface area contributed by atoms with Gasteiger partial charge in [0.1, 0.15) is 17.3 Å². The summed E-state index contributed by atoms with van der Waals surface area (Å²) in [7, 11) is 0. The number of anilines is 1. The molecule has 27 heavy (non-hydrogen) atoms. The highest BCUT2D eigenvalue weighted by Gasteiger charge is 2.41. The van der Waals surface area contributed by atoms with Crippen molar-refractivity contribution in [3.05, 3.63) is 53.2 Å². The first-order valence-corrected chi connectivity index (χ1v) is 9.34. The summed E-state index contributed by atoms with van der Waals surface area (Å²) in [5.74, 6) is -0.234. The van der Waals surface area contributed by atoms with Crippen molar-refractivity contribution in [1.29, 1.82) is 0 Å². The van der Waals surface area contributed by atoms with E-state index in [0.29, 0.717) is 28.6 Å². The lowest BCUT2D eigenvalue weighted by atomic mass is 9.66. The van der Waals surface area contributed by atoms with Gasteiger partial charge in [-0.15, -0.1) is 21.5 Å². The number of amides is 1. The molecule has 1 aliphatic carbocycles. The maximum Gasteiger partial charge on any atom is 0.277 e. The van der Waals surface area contributed by atoms with Gasteiger partial charge in [0.15, 0.2) is 5.01 Å². The molecule has 0 radical (unpaired) electrons. The van der Waals surface area contributed by atoms with E-state index in [2.05, 4.69) is 25.5 Å². The molecule has 3 N–H and O–H groups in total. The monoisotopic (exact) mass is 384 g/mol. The lowest BCUT2D eigenvalue weighted by Crippen LogP contribution is -2.42. The van der Waals surface area contributed by atoms with Crippen molar-refractivity contribution in [3.63, 3.8) is 0 Å². The molecule has 9 heteroatoms. The van der Waals surface area contributed by atoms with Crippen LogP contribution in [0.5, 0.6) is 0 Å². The second kappa shape index (κ2) is 6.99. The lowest BCUT2D eigenvalue weighted by molar-refractivity contribution is 0.1000. The molecule has 0 atom stereocenters. The number of primary amides is 1. The Balaban J connectivity index is 1.47. The summed E-state index contributed by atoms with van der Waals surface area (Å²) in [6, 6.07) is 6.65. The van der Waals surface area contributed by atoms with E-state index in [9.17, 15) is 9.18 Å². The number of halogens is 1. The molecular weight excluding hydrogens is 367 g/mol. The number of hydrogen-bond donors (Lipinski definition) is 2.